The lowest BCUT2D eigenvalue weighted by Gasteiger charge is -2.24. The fraction of sp³-hybridized carbons (Fsp3) is 0.533. The van der Waals surface area contributed by atoms with Crippen molar-refractivity contribution in [3.63, 3.8) is 0 Å². The van der Waals surface area contributed by atoms with Gasteiger partial charge in [-0.2, -0.15) is 0 Å². The van der Waals surface area contributed by atoms with Gasteiger partial charge in [0, 0.05) is 12.6 Å². The molecule has 5 nitrogen and oxygen atoms in total. The van der Waals surface area contributed by atoms with Crippen LogP contribution in [-0.2, 0) is 0 Å². The first-order valence-electron chi connectivity index (χ1n) is 7.25. The molecular weight excluding hydrogens is 256 g/mol. The monoisotopic (exact) mass is 276 g/mol. The van der Waals surface area contributed by atoms with Crippen LogP contribution in [0.1, 0.15) is 29.6 Å². The molecule has 20 heavy (non-hydrogen) atoms. The maximum Gasteiger partial charge on any atom is 0.255 e. The van der Waals surface area contributed by atoms with Gasteiger partial charge < -0.3 is 20.1 Å². The minimum atomic E-state index is -0.0975. The van der Waals surface area contributed by atoms with Crippen LogP contribution in [-0.4, -0.2) is 38.3 Å². The predicted molar refractivity (Wildman–Crippen MR) is 75.4 cm³/mol. The van der Waals surface area contributed by atoms with Gasteiger partial charge in [0.2, 0.25) is 0 Å². The quantitative estimate of drug-likeness (QED) is 0.874. The predicted octanol–water partition coefficient (Wildman–Crippen LogP) is 1.33. The Bertz CT molecular complexity index is 484. The molecule has 0 aliphatic carbocycles. The zero-order valence-electron chi connectivity index (χ0n) is 11.5. The van der Waals surface area contributed by atoms with E-state index >= 15 is 0 Å². The van der Waals surface area contributed by atoms with Crippen LogP contribution >= 0.6 is 0 Å². The van der Waals surface area contributed by atoms with Gasteiger partial charge in [0.25, 0.3) is 5.91 Å². The number of amides is 1. The van der Waals surface area contributed by atoms with Crippen molar-refractivity contribution in [3.05, 3.63) is 23.8 Å². The summed E-state index contributed by atoms with van der Waals surface area (Å²) in [5.41, 5.74) is 0.554. The van der Waals surface area contributed by atoms with Crippen molar-refractivity contribution in [1.82, 2.24) is 10.6 Å². The molecule has 1 amide bonds. The van der Waals surface area contributed by atoms with Crippen LogP contribution in [0, 0.1) is 0 Å². The fourth-order valence-electron chi connectivity index (χ4n) is 2.66. The summed E-state index contributed by atoms with van der Waals surface area (Å²) in [5, 5.41) is 6.40. The summed E-state index contributed by atoms with van der Waals surface area (Å²) in [6, 6.07) is 5.80. The molecule has 0 saturated carbocycles. The van der Waals surface area contributed by atoms with Crippen LogP contribution < -0.4 is 20.1 Å². The second-order valence-corrected chi connectivity index (χ2v) is 5.19. The highest BCUT2D eigenvalue weighted by Crippen LogP contribution is 2.33. The van der Waals surface area contributed by atoms with E-state index in [0.717, 1.165) is 13.0 Å². The van der Waals surface area contributed by atoms with E-state index in [2.05, 4.69) is 10.6 Å². The van der Waals surface area contributed by atoms with Crippen LogP contribution in [0.3, 0.4) is 0 Å². The molecule has 1 aromatic rings. The Balaban J connectivity index is 1.64. The largest absolute Gasteiger partial charge is 0.486 e. The second-order valence-electron chi connectivity index (χ2n) is 5.19. The molecule has 1 saturated heterocycles. The molecule has 1 aromatic carbocycles. The lowest BCUT2D eigenvalue weighted by atomic mass is 10.0. The maximum atomic E-state index is 12.3. The highest BCUT2D eigenvalue weighted by atomic mass is 16.6. The molecule has 2 aliphatic rings. The average molecular weight is 276 g/mol. The summed E-state index contributed by atoms with van der Waals surface area (Å²) in [6.07, 6.45) is 3.57. The Morgan fingerprint density at radius 1 is 1.30 bits per heavy atom. The average Bonchev–Trinajstić information content (AvgIpc) is 2.53. The zero-order chi connectivity index (χ0) is 13.8. The molecule has 1 fully saturated rings. The first-order valence-corrected chi connectivity index (χ1v) is 7.25. The third-order valence-corrected chi connectivity index (χ3v) is 3.73. The number of ether oxygens (including phenoxy) is 2. The molecule has 0 unspecified atom stereocenters. The zero-order valence-corrected chi connectivity index (χ0v) is 11.5. The number of para-hydroxylation sites is 1. The lowest BCUT2D eigenvalue weighted by molar-refractivity contribution is 0.0936. The van der Waals surface area contributed by atoms with Crippen LogP contribution in [0.25, 0.3) is 0 Å². The fourth-order valence-corrected chi connectivity index (χ4v) is 2.66. The van der Waals surface area contributed by atoms with E-state index in [1.54, 1.807) is 6.07 Å². The third-order valence-electron chi connectivity index (χ3n) is 3.73. The van der Waals surface area contributed by atoms with Crippen LogP contribution in [0.4, 0.5) is 0 Å². The van der Waals surface area contributed by atoms with Crippen molar-refractivity contribution < 1.29 is 14.3 Å². The summed E-state index contributed by atoms with van der Waals surface area (Å²) in [4.78, 5) is 12.3. The minimum Gasteiger partial charge on any atom is -0.486 e. The van der Waals surface area contributed by atoms with E-state index in [0.29, 0.717) is 42.9 Å². The van der Waals surface area contributed by atoms with Gasteiger partial charge in [-0.25, -0.2) is 0 Å². The van der Waals surface area contributed by atoms with Gasteiger partial charge in [0.05, 0.1) is 5.56 Å². The van der Waals surface area contributed by atoms with Gasteiger partial charge in [-0.1, -0.05) is 12.5 Å². The Kier molecular flexibility index (Phi) is 4.06. The molecule has 108 valence electrons. The molecule has 1 atom stereocenters. The minimum absolute atomic E-state index is 0.0975. The number of nitrogens with one attached hydrogen (secondary N) is 2. The molecule has 0 spiro atoms. The Morgan fingerprint density at radius 2 is 2.20 bits per heavy atom. The molecule has 2 heterocycles. The SMILES string of the molecule is O=C(NC[C@H]1CCCCN1)c1cccc2c1OCCO2. The Morgan fingerprint density at radius 3 is 3.05 bits per heavy atom. The van der Waals surface area contributed by atoms with Crippen molar-refractivity contribution in [3.8, 4) is 11.5 Å². The lowest BCUT2D eigenvalue weighted by Crippen LogP contribution is -2.43. The van der Waals surface area contributed by atoms with E-state index in [1.165, 1.54) is 12.8 Å². The summed E-state index contributed by atoms with van der Waals surface area (Å²) in [5.74, 6) is 1.12. The van der Waals surface area contributed by atoms with Gasteiger partial charge >= 0.3 is 0 Å². The molecule has 0 aromatic heterocycles. The van der Waals surface area contributed by atoms with E-state index in [-0.39, 0.29) is 5.91 Å². The number of fused-ring (bicyclic) bond motifs is 1. The summed E-state index contributed by atoms with van der Waals surface area (Å²) in [7, 11) is 0. The second kappa shape index (κ2) is 6.13. The van der Waals surface area contributed by atoms with Crippen LogP contribution in [0.5, 0.6) is 11.5 Å². The van der Waals surface area contributed by atoms with Crippen molar-refractivity contribution >= 4 is 5.91 Å². The summed E-state index contributed by atoms with van der Waals surface area (Å²) >= 11 is 0. The Hall–Kier alpha value is -1.75. The Labute approximate surface area is 118 Å². The topological polar surface area (TPSA) is 59.6 Å². The maximum absolute atomic E-state index is 12.3. The molecule has 2 N–H and O–H groups in total. The van der Waals surface area contributed by atoms with Gasteiger partial charge in [-0.05, 0) is 31.5 Å². The number of piperidine rings is 1. The number of hydrogen-bond donors (Lipinski definition) is 2. The standard InChI is InChI=1S/C15H20N2O3/c18-15(17-10-11-4-1-2-7-16-11)12-5-3-6-13-14(12)20-9-8-19-13/h3,5-6,11,16H,1-2,4,7-10H2,(H,17,18)/t11-/m1/s1. The summed E-state index contributed by atoms with van der Waals surface area (Å²) < 4.78 is 11.1. The first-order chi connectivity index (χ1) is 9.84. The van der Waals surface area contributed by atoms with E-state index in [9.17, 15) is 4.79 Å². The van der Waals surface area contributed by atoms with Gasteiger partial charge in [-0.3, -0.25) is 4.79 Å². The smallest absolute Gasteiger partial charge is 0.255 e. The van der Waals surface area contributed by atoms with Crippen LogP contribution in [0.15, 0.2) is 18.2 Å². The van der Waals surface area contributed by atoms with E-state index < -0.39 is 0 Å². The highest BCUT2D eigenvalue weighted by Gasteiger charge is 2.21. The number of rotatable bonds is 3. The van der Waals surface area contributed by atoms with Crippen molar-refractivity contribution in [1.29, 1.82) is 0 Å². The number of carbonyl (C=O) groups excluding carboxylic acids is 1. The van der Waals surface area contributed by atoms with Gasteiger partial charge in [-0.15, -0.1) is 0 Å². The molecule has 5 heteroatoms. The van der Waals surface area contributed by atoms with E-state index in [1.807, 2.05) is 12.1 Å². The number of hydrogen-bond acceptors (Lipinski definition) is 4. The third kappa shape index (κ3) is 2.88. The van der Waals surface area contributed by atoms with Crippen LogP contribution in [0.2, 0.25) is 0 Å². The van der Waals surface area contributed by atoms with Crippen molar-refractivity contribution in [2.75, 3.05) is 26.3 Å². The van der Waals surface area contributed by atoms with Gasteiger partial charge in [0.1, 0.15) is 13.2 Å². The van der Waals surface area contributed by atoms with Gasteiger partial charge in [0.15, 0.2) is 11.5 Å². The highest BCUT2D eigenvalue weighted by molar-refractivity contribution is 5.97. The van der Waals surface area contributed by atoms with E-state index in [4.69, 9.17) is 9.47 Å². The molecule has 0 radical (unpaired) electrons. The van der Waals surface area contributed by atoms with Crippen molar-refractivity contribution in [2.45, 2.75) is 25.3 Å². The van der Waals surface area contributed by atoms with Crippen molar-refractivity contribution in [2.24, 2.45) is 0 Å². The molecule has 2 aliphatic heterocycles. The molecule has 0 bridgehead atoms. The molecular formula is C15H20N2O3. The number of carbonyl (C=O) groups is 1. The normalized spacial score (nSPS) is 21.3. The molecule has 3 rings (SSSR count). The summed E-state index contributed by atoms with van der Waals surface area (Å²) in [6.45, 7) is 2.72. The number of benzene rings is 1. The first kappa shape index (κ1) is 13.2.